The predicted molar refractivity (Wildman–Crippen MR) is 106 cm³/mol. The number of benzene rings is 2. The van der Waals surface area contributed by atoms with Crippen LogP contribution >= 0.6 is 23.2 Å². The molecule has 1 N–H and O–H groups in total. The first-order valence-electron chi connectivity index (χ1n) is 8.33. The molecule has 0 bridgehead atoms. The van der Waals surface area contributed by atoms with Gasteiger partial charge in [-0.05, 0) is 42.3 Å². The number of aryl methyl sites for hydroxylation is 1. The summed E-state index contributed by atoms with van der Waals surface area (Å²) in [6.07, 6.45) is -4.41. The largest absolute Gasteiger partial charge is 0.406 e. The Labute approximate surface area is 167 Å². The van der Waals surface area contributed by atoms with Gasteiger partial charge in [0.05, 0.1) is 16.2 Å². The minimum atomic E-state index is -4.41. The summed E-state index contributed by atoms with van der Waals surface area (Å²) in [5.41, 5.74) is 2.17. The van der Waals surface area contributed by atoms with Crippen molar-refractivity contribution in [2.75, 3.05) is 0 Å². The van der Waals surface area contributed by atoms with Crippen molar-refractivity contribution in [3.8, 4) is 11.3 Å². The van der Waals surface area contributed by atoms with Gasteiger partial charge in [-0.2, -0.15) is 13.2 Å². The molecular weight excluding hydrogens is 412 g/mol. The van der Waals surface area contributed by atoms with Crippen molar-refractivity contribution >= 4 is 45.0 Å². The second-order valence-electron chi connectivity index (χ2n) is 6.55. The molecule has 0 fully saturated rings. The minimum Gasteiger partial charge on any atom is -0.331 e. The number of nitrogens with one attached hydrogen (secondary N) is 1. The third-order valence-corrected chi connectivity index (χ3v) is 5.23. The smallest absolute Gasteiger partial charge is 0.331 e. The molecule has 8 heteroatoms. The van der Waals surface area contributed by atoms with Gasteiger partial charge >= 0.3 is 6.18 Å². The standard InChI is InChI=1S/C20H13Cl2F3N2O/c1-10-17-15(7-6-14-18(17)13(22)8-16(28)26-14)27(9-20(23,24)25)19(10)11-2-4-12(21)5-3-11/h2-8H,9H2,1H3,(H,26,28). The Hall–Kier alpha value is -2.44. The monoisotopic (exact) mass is 424 g/mol. The first kappa shape index (κ1) is 18.9. The second-order valence-corrected chi connectivity index (χ2v) is 7.39. The van der Waals surface area contributed by atoms with Crippen LogP contribution in [0.25, 0.3) is 33.1 Å². The summed E-state index contributed by atoms with van der Waals surface area (Å²) >= 11 is 12.2. The Morgan fingerprint density at radius 3 is 2.36 bits per heavy atom. The molecule has 144 valence electrons. The number of fused-ring (bicyclic) bond motifs is 3. The Balaban J connectivity index is 2.16. The van der Waals surface area contributed by atoms with Crippen LogP contribution in [0.4, 0.5) is 13.2 Å². The molecule has 0 radical (unpaired) electrons. The van der Waals surface area contributed by atoms with Crippen LogP contribution in [0.1, 0.15) is 5.56 Å². The van der Waals surface area contributed by atoms with Gasteiger partial charge in [0, 0.05) is 27.4 Å². The fraction of sp³-hybridized carbons (Fsp3) is 0.150. The third kappa shape index (κ3) is 3.16. The van der Waals surface area contributed by atoms with Gasteiger partial charge in [0.2, 0.25) is 5.56 Å². The molecule has 0 saturated carbocycles. The zero-order valence-electron chi connectivity index (χ0n) is 14.5. The van der Waals surface area contributed by atoms with Crippen LogP contribution in [0.3, 0.4) is 0 Å². The first-order valence-corrected chi connectivity index (χ1v) is 9.08. The summed E-state index contributed by atoms with van der Waals surface area (Å²) in [6, 6.07) is 11.0. The highest BCUT2D eigenvalue weighted by molar-refractivity contribution is 6.38. The van der Waals surface area contributed by atoms with Crippen LogP contribution in [-0.4, -0.2) is 15.7 Å². The van der Waals surface area contributed by atoms with Crippen molar-refractivity contribution in [1.82, 2.24) is 9.55 Å². The van der Waals surface area contributed by atoms with Gasteiger partial charge in [-0.1, -0.05) is 35.3 Å². The number of alkyl halides is 3. The summed E-state index contributed by atoms with van der Waals surface area (Å²) in [7, 11) is 0. The number of halogens is 5. The number of aromatic amines is 1. The van der Waals surface area contributed by atoms with Crippen LogP contribution in [0.15, 0.2) is 47.3 Å². The quantitative estimate of drug-likeness (QED) is 0.401. The van der Waals surface area contributed by atoms with Gasteiger partial charge in [-0.25, -0.2) is 0 Å². The molecule has 2 aromatic heterocycles. The third-order valence-electron chi connectivity index (χ3n) is 4.68. The zero-order chi connectivity index (χ0) is 20.2. The maximum Gasteiger partial charge on any atom is 0.406 e. The minimum absolute atomic E-state index is 0.194. The number of H-pyrrole nitrogens is 1. The average Bonchev–Trinajstić information content (AvgIpc) is 2.86. The normalized spacial score (nSPS) is 12.2. The Morgan fingerprint density at radius 1 is 1.04 bits per heavy atom. The summed E-state index contributed by atoms with van der Waals surface area (Å²) in [5, 5.41) is 1.78. The van der Waals surface area contributed by atoms with E-state index in [1.807, 2.05) is 0 Å². The fourth-order valence-corrected chi connectivity index (χ4v) is 4.09. The van der Waals surface area contributed by atoms with Crippen LogP contribution in [0.2, 0.25) is 10.0 Å². The second kappa shape index (κ2) is 6.57. The fourth-order valence-electron chi connectivity index (χ4n) is 3.67. The average molecular weight is 425 g/mol. The Morgan fingerprint density at radius 2 is 1.71 bits per heavy atom. The van der Waals surface area contributed by atoms with Gasteiger partial charge in [0.15, 0.2) is 0 Å². The molecule has 0 aliphatic carbocycles. The van der Waals surface area contributed by atoms with E-state index in [2.05, 4.69) is 4.98 Å². The lowest BCUT2D eigenvalue weighted by Gasteiger charge is -2.14. The zero-order valence-corrected chi connectivity index (χ0v) is 16.0. The highest BCUT2D eigenvalue weighted by Crippen LogP contribution is 2.40. The van der Waals surface area contributed by atoms with Gasteiger partial charge in [0.25, 0.3) is 0 Å². The number of rotatable bonds is 2. The Bertz CT molecular complexity index is 1270. The molecule has 0 aliphatic rings. The van der Waals surface area contributed by atoms with Gasteiger partial charge in [-0.3, -0.25) is 4.79 Å². The molecule has 4 aromatic rings. The highest BCUT2D eigenvalue weighted by atomic mass is 35.5. The molecule has 0 atom stereocenters. The molecule has 3 nitrogen and oxygen atoms in total. The summed E-state index contributed by atoms with van der Waals surface area (Å²) in [5.74, 6) is 0. The van der Waals surface area contributed by atoms with E-state index in [1.54, 1.807) is 43.3 Å². The molecule has 0 saturated heterocycles. The highest BCUT2D eigenvalue weighted by Gasteiger charge is 2.31. The lowest BCUT2D eigenvalue weighted by molar-refractivity contribution is -0.139. The van der Waals surface area contributed by atoms with E-state index in [0.29, 0.717) is 43.6 Å². The van der Waals surface area contributed by atoms with E-state index in [1.165, 1.54) is 10.6 Å². The topological polar surface area (TPSA) is 37.8 Å². The SMILES string of the molecule is Cc1c(-c2ccc(Cl)cc2)n(CC(F)(F)F)c2ccc3[nH]c(=O)cc(Cl)c3c12. The molecule has 4 rings (SSSR count). The van der Waals surface area contributed by atoms with E-state index >= 15 is 0 Å². The Kier molecular flexibility index (Phi) is 4.43. The van der Waals surface area contributed by atoms with E-state index in [0.717, 1.165) is 0 Å². The molecule has 2 heterocycles. The number of aromatic nitrogens is 2. The first-order chi connectivity index (χ1) is 13.2. The molecule has 2 aromatic carbocycles. The van der Waals surface area contributed by atoms with E-state index in [9.17, 15) is 18.0 Å². The molecule has 0 aliphatic heterocycles. The van der Waals surface area contributed by atoms with Crippen LogP contribution in [-0.2, 0) is 6.54 Å². The lowest BCUT2D eigenvalue weighted by atomic mass is 10.0. The van der Waals surface area contributed by atoms with Crippen molar-refractivity contribution in [3.63, 3.8) is 0 Å². The number of pyridine rings is 1. The number of hydrogen-bond donors (Lipinski definition) is 1. The van der Waals surface area contributed by atoms with E-state index in [-0.39, 0.29) is 10.6 Å². The van der Waals surface area contributed by atoms with Crippen molar-refractivity contribution < 1.29 is 13.2 Å². The summed E-state index contributed by atoms with van der Waals surface area (Å²) in [6.45, 7) is 0.599. The predicted octanol–water partition coefficient (Wildman–Crippen LogP) is 6.33. The molecule has 28 heavy (non-hydrogen) atoms. The number of nitrogens with zero attached hydrogens (tertiary/aromatic N) is 1. The molecule has 0 amide bonds. The maximum absolute atomic E-state index is 13.4. The van der Waals surface area contributed by atoms with Crippen LogP contribution in [0.5, 0.6) is 0 Å². The van der Waals surface area contributed by atoms with Gasteiger partial charge in [-0.15, -0.1) is 0 Å². The van der Waals surface area contributed by atoms with Crippen molar-refractivity contribution in [3.05, 3.63) is 68.4 Å². The maximum atomic E-state index is 13.4. The van der Waals surface area contributed by atoms with Gasteiger partial charge < -0.3 is 9.55 Å². The van der Waals surface area contributed by atoms with Crippen LogP contribution in [0, 0.1) is 6.92 Å². The van der Waals surface area contributed by atoms with E-state index in [4.69, 9.17) is 23.2 Å². The number of hydrogen-bond acceptors (Lipinski definition) is 1. The summed E-state index contributed by atoms with van der Waals surface area (Å²) < 4.78 is 41.3. The van der Waals surface area contributed by atoms with Crippen molar-refractivity contribution in [2.24, 2.45) is 0 Å². The summed E-state index contributed by atoms with van der Waals surface area (Å²) in [4.78, 5) is 14.4. The van der Waals surface area contributed by atoms with Crippen LogP contribution < -0.4 is 5.56 Å². The van der Waals surface area contributed by atoms with Gasteiger partial charge in [0.1, 0.15) is 6.54 Å². The van der Waals surface area contributed by atoms with Crippen molar-refractivity contribution in [2.45, 2.75) is 19.6 Å². The molecule has 0 spiro atoms. The lowest BCUT2D eigenvalue weighted by Crippen LogP contribution is -2.18. The molecular formula is C20H13Cl2F3N2O. The van der Waals surface area contributed by atoms with Crippen molar-refractivity contribution in [1.29, 1.82) is 0 Å². The molecule has 0 unspecified atom stereocenters. The van der Waals surface area contributed by atoms with E-state index < -0.39 is 12.7 Å².